The Kier molecular flexibility index (Phi) is 8.98. The average Bonchev–Trinajstić information content (AvgIpc) is 2.99. The van der Waals surface area contributed by atoms with E-state index in [4.69, 9.17) is 27.5 Å². The molecule has 2 amide bonds. The Morgan fingerprint density at radius 1 is 1.23 bits per heavy atom. The number of anilines is 2. The number of likely N-dealkylation sites (tertiary alicyclic amines) is 1. The van der Waals surface area contributed by atoms with Gasteiger partial charge in [0.25, 0.3) is 5.91 Å². The predicted octanol–water partition coefficient (Wildman–Crippen LogP) is 4.64. The van der Waals surface area contributed by atoms with E-state index in [2.05, 4.69) is 20.6 Å². The Balaban J connectivity index is 1.26. The molecule has 0 spiro atoms. The van der Waals surface area contributed by atoms with Gasteiger partial charge in [-0.25, -0.2) is 9.98 Å². The third-order valence-electron chi connectivity index (χ3n) is 8.09. The Morgan fingerprint density at radius 3 is 2.59 bits per heavy atom. The highest BCUT2D eigenvalue weighted by atomic mass is 35.5. The molecule has 10 nitrogen and oxygen atoms in total. The summed E-state index contributed by atoms with van der Waals surface area (Å²) in [6.07, 6.45) is 0.484. The fourth-order valence-corrected chi connectivity index (χ4v) is 5.70. The van der Waals surface area contributed by atoms with E-state index < -0.39 is 23.4 Å². The molecule has 0 radical (unpaired) electrons. The number of ether oxygens (including phenoxy) is 1. The molecule has 5 rings (SSSR count). The van der Waals surface area contributed by atoms with Gasteiger partial charge in [-0.2, -0.15) is 13.2 Å². The van der Waals surface area contributed by atoms with E-state index in [0.717, 1.165) is 25.1 Å². The number of halogens is 4. The quantitative estimate of drug-likeness (QED) is 0.312. The minimum Gasteiger partial charge on any atom is -0.383 e. The van der Waals surface area contributed by atoms with E-state index in [9.17, 15) is 22.8 Å². The van der Waals surface area contributed by atoms with Crippen molar-refractivity contribution in [3.05, 3.63) is 64.1 Å². The maximum atomic E-state index is 13.1. The third kappa shape index (κ3) is 6.73. The SMILES string of the molecule is CC1(C(=O)N2CCCC(CNc3c(Cl)cnc(N)c3C(=N)c3ccc(C(=O)NC4=CC(C(F)(F)F)CC=N4)cc3)C2)COC1. The molecular formula is C30H33ClF3N7O3. The summed E-state index contributed by atoms with van der Waals surface area (Å²) >= 11 is 6.52. The van der Waals surface area contributed by atoms with E-state index in [-0.39, 0.29) is 51.7 Å². The number of rotatable bonds is 8. The number of hydrogen-bond donors (Lipinski definition) is 4. The first-order chi connectivity index (χ1) is 20.9. The number of aliphatic imine (C=N–C) groups is 1. The number of allylic oxidation sites excluding steroid dienone is 1. The van der Waals surface area contributed by atoms with Gasteiger partial charge in [0.05, 0.1) is 52.7 Å². The molecule has 0 bridgehead atoms. The number of amides is 2. The summed E-state index contributed by atoms with van der Waals surface area (Å²) in [5, 5.41) is 14.9. The zero-order valence-corrected chi connectivity index (χ0v) is 24.8. The van der Waals surface area contributed by atoms with Crippen molar-refractivity contribution in [2.24, 2.45) is 22.2 Å². The van der Waals surface area contributed by atoms with Crippen molar-refractivity contribution >= 4 is 46.8 Å². The lowest BCUT2D eigenvalue weighted by Gasteiger charge is -2.43. The Labute approximate surface area is 257 Å². The highest BCUT2D eigenvalue weighted by Crippen LogP contribution is 2.34. The number of nitrogens with two attached hydrogens (primary N) is 1. The average molecular weight is 632 g/mol. The third-order valence-corrected chi connectivity index (χ3v) is 8.38. The molecule has 0 saturated carbocycles. The Bertz CT molecular complexity index is 1510. The number of hydrogen-bond acceptors (Lipinski definition) is 8. The first kappa shape index (κ1) is 31.5. The maximum absolute atomic E-state index is 13.1. The van der Waals surface area contributed by atoms with Crippen molar-refractivity contribution in [1.82, 2.24) is 15.2 Å². The zero-order chi connectivity index (χ0) is 31.6. The van der Waals surface area contributed by atoms with Crippen LogP contribution in [0.5, 0.6) is 0 Å². The van der Waals surface area contributed by atoms with Gasteiger partial charge in [-0.15, -0.1) is 0 Å². The summed E-state index contributed by atoms with van der Waals surface area (Å²) < 4.78 is 44.5. The maximum Gasteiger partial charge on any atom is 0.395 e. The minimum atomic E-state index is -4.44. The van der Waals surface area contributed by atoms with Gasteiger partial charge in [0, 0.05) is 37.0 Å². The normalized spacial score (nSPS) is 21.2. The Hall–Kier alpha value is -3.97. The molecule has 5 N–H and O–H groups in total. The number of alkyl halides is 3. The summed E-state index contributed by atoms with van der Waals surface area (Å²) in [7, 11) is 0. The van der Waals surface area contributed by atoms with Gasteiger partial charge in [-0.1, -0.05) is 23.7 Å². The van der Waals surface area contributed by atoms with E-state index in [1.54, 1.807) is 0 Å². The Morgan fingerprint density at radius 2 is 1.93 bits per heavy atom. The molecule has 2 fully saturated rings. The molecule has 3 aliphatic rings. The molecular weight excluding hydrogens is 599 g/mol. The topological polar surface area (TPSA) is 146 Å². The van der Waals surface area contributed by atoms with E-state index >= 15 is 0 Å². The second kappa shape index (κ2) is 12.6. The van der Waals surface area contributed by atoms with Gasteiger partial charge in [0.1, 0.15) is 11.6 Å². The summed E-state index contributed by atoms with van der Waals surface area (Å²) in [4.78, 5) is 35.6. The van der Waals surface area contributed by atoms with Gasteiger partial charge >= 0.3 is 6.18 Å². The van der Waals surface area contributed by atoms with Crippen molar-refractivity contribution in [1.29, 1.82) is 5.41 Å². The van der Waals surface area contributed by atoms with Gasteiger partial charge in [-0.3, -0.25) is 15.0 Å². The van der Waals surface area contributed by atoms with E-state index in [0.29, 0.717) is 44.1 Å². The number of pyridine rings is 1. The van der Waals surface area contributed by atoms with Crippen LogP contribution in [0.2, 0.25) is 5.02 Å². The smallest absolute Gasteiger partial charge is 0.383 e. The molecule has 14 heteroatoms. The van der Waals surface area contributed by atoms with Crippen LogP contribution in [0.15, 0.2) is 47.4 Å². The van der Waals surface area contributed by atoms with Gasteiger partial charge < -0.3 is 26.0 Å². The molecule has 1 aromatic heterocycles. The number of nitrogens with zero attached hydrogens (tertiary/aromatic N) is 3. The first-order valence-corrected chi connectivity index (χ1v) is 14.6. The molecule has 1 aromatic carbocycles. The van der Waals surface area contributed by atoms with Gasteiger partial charge in [-0.05, 0) is 50.3 Å². The van der Waals surface area contributed by atoms with Crippen molar-refractivity contribution in [3.8, 4) is 0 Å². The van der Waals surface area contributed by atoms with Crippen molar-refractivity contribution in [2.75, 3.05) is 43.9 Å². The number of carbonyl (C=O) groups is 2. The number of carbonyl (C=O) groups excluding carboxylic acids is 2. The second-order valence-corrected chi connectivity index (χ2v) is 12.0. The van der Waals surface area contributed by atoms with Crippen LogP contribution in [0.4, 0.5) is 24.7 Å². The van der Waals surface area contributed by atoms with Crippen molar-refractivity contribution < 1.29 is 27.5 Å². The van der Waals surface area contributed by atoms with Gasteiger partial charge in [0.15, 0.2) is 0 Å². The summed E-state index contributed by atoms with van der Waals surface area (Å²) in [6.45, 7) is 4.58. The van der Waals surface area contributed by atoms with Crippen LogP contribution < -0.4 is 16.4 Å². The van der Waals surface area contributed by atoms with E-state index in [1.807, 2.05) is 11.8 Å². The van der Waals surface area contributed by atoms with Crippen LogP contribution in [0.3, 0.4) is 0 Å². The zero-order valence-electron chi connectivity index (χ0n) is 24.0. The highest BCUT2D eigenvalue weighted by molar-refractivity contribution is 6.35. The molecule has 2 unspecified atom stereocenters. The molecule has 2 aromatic rings. The molecule has 0 aliphatic carbocycles. The lowest BCUT2D eigenvalue weighted by Crippen LogP contribution is -2.55. The van der Waals surface area contributed by atoms with Crippen LogP contribution in [0.1, 0.15) is 47.7 Å². The monoisotopic (exact) mass is 631 g/mol. The van der Waals surface area contributed by atoms with Crippen molar-refractivity contribution in [3.63, 3.8) is 0 Å². The number of benzene rings is 1. The second-order valence-electron chi connectivity index (χ2n) is 11.6. The van der Waals surface area contributed by atoms with Crippen LogP contribution in [-0.2, 0) is 9.53 Å². The number of nitrogens with one attached hydrogen (secondary N) is 3. The highest BCUT2D eigenvalue weighted by Gasteiger charge is 2.44. The molecule has 2 saturated heterocycles. The molecule has 234 valence electrons. The van der Waals surface area contributed by atoms with Crippen LogP contribution in [0.25, 0.3) is 0 Å². The molecule has 2 atom stereocenters. The number of nitrogen functional groups attached to an aromatic ring is 1. The summed E-state index contributed by atoms with van der Waals surface area (Å²) in [6, 6.07) is 5.98. The fraction of sp³-hybridized carbons (Fsp3) is 0.433. The van der Waals surface area contributed by atoms with E-state index in [1.165, 1.54) is 30.5 Å². The molecule has 44 heavy (non-hydrogen) atoms. The number of aromatic nitrogens is 1. The lowest BCUT2D eigenvalue weighted by molar-refractivity contribution is -0.170. The lowest BCUT2D eigenvalue weighted by atomic mass is 9.85. The minimum absolute atomic E-state index is 0.0120. The largest absolute Gasteiger partial charge is 0.395 e. The van der Waals surface area contributed by atoms with Crippen LogP contribution in [0, 0.1) is 22.7 Å². The predicted molar refractivity (Wildman–Crippen MR) is 161 cm³/mol. The van der Waals surface area contributed by atoms with Crippen LogP contribution in [-0.4, -0.2) is 72.6 Å². The molecule has 3 aliphatic heterocycles. The number of piperidine rings is 1. The van der Waals surface area contributed by atoms with Gasteiger partial charge in [0.2, 0.25) is 5.91 Å². The fourth-order valence-electron chi connectivity index (χ4n) is 5.49. The standard InChI is InChI=1S/C30H33ClF3N7O3/c1-29(15-44-16-29)28(43)41-10-2-3-17(14-41)12-38-25-21(31)13-39-26(36)23(25)24(35)18-4-6-19(7-5-18)27(42)40-22-11-20(8-9-37-22)30(32,33)34/h4-7,9,11,13,17,20,35H,2-3,8,10,12,14-16H2,1H3,(H,40,42)(H3,36,38,39). The van der Waals surface area contributed by atoms with Crippen molar-refractivity contribution in [2.45, 2.75) is 32.4 Å². The molecule has 4 heterocycles. The summed E-state index contributed by atoms with van der Waals surface area (Å²) in [5.74, 6) is -2.19. The first-order valence-electron chi connectivity index (χ1n) is 14.2. The summed E-state index contributed by atoms with van der Waals surface area (Å²) in [5.41, 5.74) is 7.07. The van der Waals surface area contributed by atoms with Crippen LogP contribution >= 0.6 is 11.6 Å².